The van der Waals surface area contributed by atoms with E-state index in [1.807, 2.05) is 0 Å². The van der Waals surface area contributed by atoms with E-state index in [2.05, 4.69) is 33.7 Å². The first-order valence-electron chi connectivity index (χ1n) is 6.13. The van der Waals surface area contributed by atoms with E-state index in [0.29, 0.717) is 9.54 Å². The Kier molecular flexibility index (Phi) is 15.4. The number of H-pyrrole nitrogens is 2. The van der Waals surface area contributed by atoms with Crippen molar-refractivity contribution < 1.29 is 0 Å². The molecule has 0 aliphatic heterocycles. The van der Waals surface area contributed by atoms with Crippen LogP contribution in [0, 0.1) is 9.54 Å². The quantitative estimate of drug-likeness (QED) is 0.599. The molecule has 98 valence electrons. The van der Waals surface area contributed by atoms with Gasteiger partial charge >= 0.3 is 0 Å². The molecule has 0 unspecified atom stereocenters. The second-order valence-corrected chi connectivity index (χ2v) is 4.81. The third kappa shape index (κ3) is 8.98. The predicted octanol–water partition coefficient (Wildman–Crippen LogP) is 2.84. The van der Waals surface area contributed by atoms with Crippen LogP contribution >= 0.6 is 24.4 Å². The minimum Gasteiger partial charge on any atom is -0.342 e. The molecule has 1 aromatic rings. The Hall–Kier alpha value is 1.25. The minimum atomic E-state index is 0. The SMILES string of the molecule is CCCCN(CCCC)c1nc(=S)[nH]c(=S)[nH]1.[Na].[Na]. The molecule has 0 saturated carbocycles. The number of hydrogen-bond acceptors (Lipinski definition) is 4. The first kappa shape index (κ1) is 22.5. The van der Waals surface area contributed by atoms with Gasteiger partial charge < -0.3 is 14.9 Å². The maximum Gasteiger partial charge on any atom is 0.207 e. The Bertz CT molecular complexity index is 411. The van der Waals surface area contributed by atoms with Crippen LogP contribution < -0.4 is 4.90 Å². The monoisotopic (exact) mass is 318 g/mol. The molecule has 2 radical (unpaired) electrons. The topological polar surface area (TPSA) is 47.7 Å². The zero-order valence-electron chi connectivity index (χ0n) is 12.5. The molecule has 2 N–H and O–H groups in total. The molecule has 0 saturated heterocycles. The molecule has 0 bridgehead atoms. The van der Waals surface area contributed by atoms with E-state index in [1.165, 1.54) is 12.8 Å². The molecule has 0 aromatic carbocycles. The van der Waals surface area contributed by atoms with Crippen LogP contribution in [-0.2, 0) is 0 Å². The van der Waals surface area contributed by atoms with Gasteiger partial charge in [0.15, 0.2) is 4.77 Å². The third-order valence-electron chi connectivity index (χ3n) is 2.52. The van der Waals surface area contributed by atoms with Gasteiger partial charge in [-0.2, -0.15) is 4.98 Å². The van der Waals surface area contributed by atoms with Gasteiger partial charge in [0.25, 0.3) is 0 Å². The summed E-state index contributed by atoms with van der Waals surface area (Å²) in [6.45, 7) is 6.36. The normalized spacial score (nSPS) is 9.37. The molecule has 0 amide bonds. The number of nitrogens with one attached hydrogen (secondary N) is 2. The summed E-state index contributed by atoms with van der Waals surface area (Å²) in [6, 6.07) is 0. The first-order valence-corrected chi connectivity index (χ1v) is 6.94. The predicted molar refractivity (Wildman–Crippen MR) is 88.1 cm³/mol. The molecule has 1 heterocycles. The number of nitrogens with zero attached hydrogens (tertiary/aromatic N) is 2. The van der Waals surface area contributed by atoms with Crippen molar-refractivity contribution in [3.63, 3.8) is 0 Å². The number of rotatable bonds is 7. The van der Waals surface area contributed by atoms with Gasteiger partial charge in [0.05, 0.1) is 0 Å². The van der Waals surface area contributed by atoms with E-state index in [9.17, 15) is 0 Å². The third-order valence-corrected chi connectivity index (χ3v) is 2.91. The van der Waals surface area contributed by atoms with Crippen LogP contribution in [0.25, 0.3) is 0 Å². The molecule has 1 rings (SSSR count). The molecule has 0 atom stereocenters. The standard InChI is InChI=1S/C11H20N4S2.2Na/c1-3-5-7-15(8-6-4-2)9-12-10(16)14-11(17)13-9;;/h3-8H2,1-2H3,(H2,12,13,14,16,17);;. The van der Waals surface area contributed by atoms with Gasteiger partial charge in [0.2, 0.25) is 10.7 Å². The van der Waals surface area contributed by atoms with Crippen molar-refractivity contribution in [2.45, 2.75) is 39.5 Å². The van der Waals surface area contributed by atoms with Crippen LogP contribution in [0.4, 0.5) is 5.95 Å². The van der Waals surface area contributed by atoms with Crippen LogP contribution in [0.3, 0.4) is 0 Å². The largest absolute Gasteiger partial charge is 0.342 e. The Morgan fingerprint density at radius 1 is 1.00 bits per heavy atom. The maximum atomic E-state index is 5.09. The molecule has 8 heteroatoms. The van der Waals surface area contributed by atoms with Gasteiger partial charge in [-0.15, -0.1) is 0 Å². The molecule has 4 nitrogen and oxygen atoms in total. The summed E-state index contributed by atoms with van der Waals surface area (Å²) in [4.78, 5) is 12.4. The average molecular weight is 318 g/mol. The van der Waals surface area contributed by atoms with Crippen molar-refractivity contribution in [1.82, 2.24) is 15.0 Å². The summed E-state index contributed by atoms with van der Waals surface area (Å²) in [7, 11) is 0. The van der Waals surface area contributed by atoms with Crippen LogP contribution in [0.15, 0.2) is 0 Å². The van der Waals surface area contributed by atoms with E-state index < -0.39 is 0 Å². The van der Waals surface area contributed by atoms with Gasteiger partial charge in [-0.3, -0.25) is 0 Å². The second kappa shape index (κ2) is 13.0. The van der Waals surface area contributed by atoms with Crippen LogP contribution in [0.5, 0.6) is 0 Å². The number of unbranched alkanes of at least 4 members (excludes halogenated alkanes) is 2. The smallest absolute Gasteiger partial charge is 0.207 e. The summed E-state index contributed by atoms with van der Waals surface area (Å²) in [5, 5.41) is 0. The van der Waals surface area contributed by atoms with Crippen LogP contribution in [0.2, 0.25) is 0 Å². The van der Waals surface area contributed by atoms with E-state index in [0.717, 1.165) is 31.9 Å². The number of aromatic nitrogens is 3. The number of aromatic amines is 2. The molecular formula is C11H20N4Na2S2. The van der Waals surface area contributed by atoms with Crippen molar-refractivity contribution in [2.24, 2.45) is 0 Å². The van der Waals surface area contributed by atoms with E-state index in [-0.39, 0.29) is 59.1 Å². The van der Waals surface area contributed by atoms with Crippen LogP contribution in [-0.4, -0.2) is 87.2 Å². The number of hydrogen-bond donors (Lipinski definition) is 2. The second-order valence-electron chi connectivity index (χ2n) is 4.01. The maximum absolute atomic E-state index is 5.09. The zero-order chi connectivity index (χ0) is 12.7. The van der Waals surface area contributed by atoms with E-state index >= 15 is 0 Å². The van der Waals surface area contributed by atoms with Crippen molar-refractivity contribution in [1.29, 1.82) is 0 Å². The summed E-state index contributed by atoms with van der Waals surface area (Å²) in [5.74, 6) is 0.792. The Labute approximate surface area is 169 Å². The molecular weight excluding hydrogens is 298 g/mol. The van der Waals surface area contributed by atoms with Gasteiger partial charge in [-0.05, 0) is 37.3 Å². The summed E-state index contributed by atoms with van der Waals surface area (Å²) in [5.41, 5.74) is 0. The van der Waals surface area contributed by atoms with Crippen LogP contribution in [0.1, 0.15) is 39.5 Å². The molecule has 1 aromatic heterocycles. The van der Waals surface area contributed by atoms with E-state index in [4.69, 9.17) is 24.4 Å². The van der Waals surface area contributed by atoms with Crippen molar-refractivity contribution >= 4 is 89.5 Å². The molecule has 19 heavy (non-hydrogen) atoms. The van der Waals surface area contributed by atoms with Gasteiger partial charge in [-0.1, -0.05) is 26.7 Å². The van der Waals surface area contributed by atoms with Gasteiger partial charge in [0, 0.05) is 72.2 Å². The Morgan fingerprint density at radius 2 is 1.53 bits per heavy atom. The van der Waals surface area contributed by atoms with Gasteiger partial charge in [-0.25, -0.2) is 0 Å². The minimum absolute atomic E-state index is 0. The zero-order valence-corrected chi connectivity index (χ0v) is 18.1. The molecule has 0 fully saturated rings. The molecule has 0 aliphatic rings. The fraction of sp³-hybridized carbons (Fsp3) is 0.727. The van der Waals surface area contributed by atoms with Crippen molar-refractivity contribution in [3.05, 3.63) is 9.54 Å². The Morgan fingerprint density at radius 3 is 1.95 bits per heavy atom. The average Bonchev–Trinajstić information content (AvgIpc) is 2.28. The summed E-state index contributed by atoms with van der Waals surface area (Å²) >= 11 is 10.1. The van der Waals surface area contributed by atoms with Crippen molar-refractivity contribution in [3.8, 4) is 0 Å². The van der Waals surface area contributed by atoms with Crippen molar-refractivity contribution in [2.75, 3.05) is 18.0 Å². The summed E-state index contributed by atoms with van der Waals surface area (Å²) < 4.78 is 0.986. The fourth-order valence-corrected chi connectivity index (χ4v) is 1.99. The molecule has 0 aliphatic carbocycles. The Balaban J connectivity index is 0. The van der Waals surface area contributed by atoms with E-state index in [1.54, 1.807) is 0 Å². The molecule has 0 spiro atoms. The first-order chi connectivity index (χ1) is 8.17. The number of anilines is 1. The van der Waals surface area contributed by atoms with Gasteiger partial charge in [0.1, 0.15) is 0 Å². The fourth-order valence-electron chi connectivity index (χ4n) is 1.55. The summed E-state index contributed by atoms with van der Waals surface area (Å²) in [6.07, 6.45) is 4.64.